The molecule has 1 aliphatic carbocycles. The van der Waals surface area contributed by atoms with Crippen LogP contribution in [0.2, 0.25) is 0 Å². The van der Waals surface area contributed by atoms with Crippen LogP contribution in [-0.4, -0.2) is 35.6 Å². The Hall–Kier alpha value is 0.650. The molecule has 2 nitrogen and oxygen atoms in total. The van der Waals surface area contributed by atoms with Gasteiger partial charge in [0.15, 0.2) is 0 Å². The van der Waals surface area contributed by atoms with Crippen molar-refractivity contribution in [3.05, 3.63) is 0 Å². The van der Waals surface area contributed by atoms with Gasteiger partial charge in [-0.2, -0.15) is 0 Å². The summed E-state index contributed by atoms with van der Waals surface area (Å²) in [5.41, 5.74) is 0. The molecule has 3 heteroatoms. The molecular weight excluding hydrogens is 289 g/mol. The van der Waals surface area contributed by atoms with Gasteiger partial charge >= 0.3 is 98.3 Å². The molecule has 0 spiro atoms. The summed E-state index contributed by atoms with van der Waals surface area (Å²) in [6, 6.07) is 0.832. The van der Waals surface area contributed by atoms with E-state index >= 15 is 0 Å². The molecule has 1 aliphatic heterocycles. The number of halogens is 1. The van der Waals surface area contributed by atoms with Crippen LogP contribution in [0.4, 0.5) is 0 Å². The first-order valence-corrected chi connectivity index (χ1v) is 8.70. The second kappa shape index (κ2) is 5.12. The monoisotopic (exact) mass is 310 g/mol. The SMILES string of the molecule is C[I-]OC1CC[C@H]2CCCN(C)[C@H]2C1. The van der Waals surface area contributed by atoms with E-state index in [1.54, 1.807) is 0 Å². The van der Waals surface area contributed by atoms with Gasteiger partial charge in [0.25, 0.3) is 0 Å². The zero-order valence-corrected chi connectivity index (χ0v) is 11.4. The molecule has 84 valence electrons. The van der Waals surface area contributed by atoms with Crippen LogP contribution in [0.1, 0.15) is 32.1 Å². The third-order valence-electron chi connectivity index (χ3n) is 3.77. The number of alkyl halides is 1. The van der Waals surface area contributed by atoms with Crippen molar-refractivity contribution < 1.29 is 24.7 Å². The molecule has 0 aromatic rings. The molecule has 2 aliphatic rings. The van der Waals surface area contributed by atoms with Crippen molar-refractivity contribution >= 4 is 0 Å². The molecule has 1 saturated carbocycles. The predicted octanol–water partition coefficient (Wildman–Crippen LogP) is -1.10. The van der Waals surface area contributed by atoms with Gasteiger partial charge in [-0.3, -0.25) is 0 Å². The first-order chi connectivity index (χ1) is 6.81. The third kappa shape index (κ3) is 2.42. The van der Waals surface area contributed by atoms with Crippen molar-refractivity contribution in [1.82, 2.24) is 4.90 Å². The normalized spacial score (nSPS) is 39.7. The van der Waals surface area contributed by atoms with E-state index in [9.17, 15) is 0 Å². The van der Waals surface area contributed by atoms with Crippen molar-refractivity contribution in [2.24, 2.45) is 5.92 Å². The number of likely N-dealkylation sites (tertiary alicyclic amines) is 1. The van der Waals surface area contributed by atoms with Gasteiger partial charge in [0.1, 0.15) is 0 Å². The van der Waals surface area contributed by atoms with E-state index < -0.39 is 0 Å². The van der Waals surface area contributed by atoms with Crippen molar-refractivity contribution in [2.45, 2.75) is 44.2 Å². The number of fused-ring (bicyclic) bond motifs is 1. The van der Waals surface area contributed by atoms with E-state index in [-0.39, 0.29) is 21.6 Å². The van der Waals surface area contributed by atoms with Crippen LogP contribution in [0.15, 0.2) is 0 Å². The molecule has 0 radical (unpaired) electrons. The summed E-state index contributed by atoms with van der Waals surface area (Å²) in [5.74, 6) is 0.976. The Balaban J connectivity index is 1.91. The summed E-state index contributed by atoms with van der Waals surface area (Å²) in [6.45, 7) is 1.30. The molecule has 3 atom stereocenters. The number of hydrogen-bond donors (Lipinski definition) is 0. The number of hydrogen-bond acceptors (Lipinski definition) is 2. The summed E-state index contributed by atoms with van der Waals surface area (Å²) >= 11 is 0.0234. The quantitative estimate of drug-likeness (QED) is 0.474. The van der Waals surface area contributed by atoms with E-state index in [1.165, 1.54) is 38.6 Å². The average Bonchev–Trinajstić information content (AvgIpc) is 2.20. The van der Waals surface area contributed by atoms with Crippen molar-refractivity contribution in [3.63, 3.8) is 0 Å². The fourth-order valence-electron chi connectivity index (χ4n) is 3.02. The zero-order chi connectivity index (χ0) is 9.97. The van der Waals surface area contributed by atoms with Crippen molar-refractivity contribution in [2.75, 3.05) is 18.5 Å². The van der Waals surface area contributed by atoms with Gasteiger partial charge in [0, 0.05) is 0 Å². The second-order valence-electron chi connectivity index (χ2n) is 4.63. The molecule has 0 amide bonds. The number of piperidine rings is 1. The minimum atomic E-state index is 0.0234. The van der Waals surface area contributed by atoms with E-state index in [1.807, 2.05) is 0 Å². The molecule has 2 fully saturated rings. The first-order valence-electron chi connectivity index (χ1n) is 5.66. The summed E-state index contributed by atoms with van der Waals surface area (Å²) in [7, 11) is 2.29. The molecule has 1 saturated heterocycles. The summed E-state index contributed by atoms with van der Waals surface area (Å²) in [6.07, 6.45) is 7.49. The van der Waals surface area contributed by atoms with Crippen LogP contribution >= 0.6 is 0 Å². The van der Waals surface area contributed by atoms with Crippen LogP contribution in [0.25, 0.3) is 0 Å². The molecule has 1 heterocycles. The number of rotatable bonds is 2. The third-order valence-corrected chi connectivity index (χ3v) is 5.00. The molecule has 0 aromatic carbocycles. The average molecular weight is 310 g/mol. The van der Waals surface area contributed by atoms with Crippen molar-refractivity contribution in [3.8, 4) is 0 Å². The Morgan fingerprint density at radius 2 is 2.14 bits per heavy atom. The van der Waals surface area contributed by atoms with Crippen LogP contribution < -0.4 is 21.6 Å². The Bertz CT molecular complexity index is 188. The van der Waals surface area contributed by atoms with Gasteiger partial charge in [-0.05, 0) is 0 Å². The Morgan fingerprint density at radius 1 is 1.29 bits per heavy atom. The fraction of sp³-hybridized carbons (Fsp3) is 1.00. The van der Waals surface area contributed by atoms with Gasteiger partial charge in [-0.1, -0.05) is 0 Å². The Labute approximate surface area is 98.2 Å². The molecule has 14 heavy (non-hydrogen) atoms. The standard InChI is InChI=1S/C11H21INO/c1-12-14-10-6-5-9-4-3-7-13(2)11(9)8-10/h9-11H,3-8H2,1-2H3/q-1/t9-,10?,11+/m1/s1. The Kier molecular flexibility index (Phi) is 4.08. The maximum atomic E-state index is 5.86. The van der Waals surface area contributed by atoms with Gasteiger partial charge in [0.2, 0.25) is 0 Å². The molecule has 0 aromatic heterocycles. The topological polar surface area (TPSA) is 12.5 Å². The van der Waals surface area contributed by atoms with E-state index in [0.29, 0.717) is 6.10 Å². The van der Waals surface area contributed by atoms with Gasteiger partial charge in [-0.15, -0.1) is 0 Å². The van der Waals surface area contributed by atoms with Crippen LogP contribution in [0.5, 0.6) is 0 Å². The van der Waals surface area contributed by atoms with Crippen molar-refractivity contribution in [1.29, 1.82) is 0 Å². The van der Waals surface area contributed by atoms with E-state index in [0.717, 1.165) is 12.0 Å². The fourth-order valence-corrected chi connectivity index (χ4v) is 4.21. The van der Waals surface area contributed by atoms with Crippen LogP contribution in [0.3, 0.4) is 0 Å². The zero-order valence-electron chi connectivity index (χ0n) is 9.21. The number of nitrogens with zero attached hydrogens (tertiary/aromatic N) is 1. The minimum absolute atomic E-state index is 0.0234. The maximum absolute atomic E-state index is 5.86. The molecular formula is C11H21INO-. The molecule has 0 bridgehead atoms. The second-order valence-corrected chi connectivity index (χ2v) is 6.02. The van der Waals surface area contributed by atoms with E-state index in [4.69, 9.17) is 3.07 Å². The first kappa shape index (κ1) is 11.1. The van der Waals surface area contributed by atoms with E-state index in [2.05, 4.69) is 16.9 Å². The van der Waals surface area contributed by atoms with Crippen LogP contribution in [0, 0.1) is 5.92 Å². The predicted molar refractivity (Wildman–Crippen MR) is 53.8 cm³/mol. The molecule has 1 unspecified atom stereocenters. The summed E-state index contributed by atoms with van der Waals surface area (Å²) < 4.78 is 5.86. The van der Waals surface area contributed by atoms with Gasteiger partial charge in [-0.25, -0.2) is 0 Å². The molecule has 2 rings (SSSR count). The molecule has 0 N–H and O–H groups in total. The van der Waals surface area contributed by atoms with Gasteiger partial charge in [0.05, 0.1) is 0 Å². The summed E-state index contributed by atoms with van der Waals surface area (Å²) in [4.78, 5) is 4.78. The Morgan fingerprint density at radius 3 is 2.93 bits per heavy atom. The summed E-state index contributed by atoms with van der Waals surface area (Å²) in [5, 5.41) is 0. The van der Waals surface area contributed by atoms with Gasteiger partial charge < -0.3 is 0 Å². The van der Waals surface area contributed by atoms with Crippen LogP contribution in [-0.2, 0) is 3.07 Å².